The molecule has 1 nitrogen and oxygen atoms in total. The second-order valence-corrected chi connectivity index (χ2v) is 4.84. The van der Waals surface area contributed by atoms with Crippen molar-refractivity contribution in [3.63, 3.8) is 0 Å². The van der Waals surface area contributed by atoms with Gasteiger partial charge in [-0.2, -0.15) is 0 Å². The van der Waals surface area contributed by atoms with Crippen LogP contribution in [0, 0.1) is 5.92 Å². The summed E-state index contributed by atoms with van der Waals surface area (Å²) in [5.74, 6) is 0.772. The van der Waals surface area contributed by atoms with Crippen LogP contribution in [0.25, 0.3) is 0 Å². The fraction of sp³-hybridized carbons (Fsp3) is 0.500. The van der Waals surface area contributed by atoms with Gasteiger partial charge in [-0.25, -0.2) is 0 Å². The molecule has 0 spiro atoms. The molecule has 1 aliphatic rings. The van der Waals surface area contributed by atoms with Crippen molar-refractivity contribution in [2.75, 3.05) is 6.54 Å². The number of halogens is 1. The molecule has 1 atom stereocenters. The molecule has 0 amide bonds. The fourth-order valence-corrected chi connectivity index (χ4v) is 2.20. The summed E-state index contributed by atoms with van der Waals surface area (Å²) >= 11 is 5.87. The minimum Gasteiger partial charge on any atom is -0.330 e. The van der Waals surface area contributed by atoms with E-state index in [-0.39, 0.29) is 5.41 Å². The molecule has 76 valence electrons. The molecular formula is C12H16ClN. The third-order valence-electron chi connectivity index (χ3n) is 3.41. The topological polar surface area (TPSA) is 26.0 Å². The summed E-state index contributed by atoms with van der Waals surface area (Å²) in [6.07, 6.45) is 2.63. The first-order valence-electron chi connectivity index (χ1n) is 5.13. The summed E-state index contributed by atoms with van der Waals surface area (Å²) in [6.45, 7) is 2.98. The molecule has 0 radical (unpaired) electrons. The standard InChI is InChI=1S/C12H16ClN/c1-12(8-14,9-2-3-9)10-4-6-11(13)7-5-10/h4-7,9H,2-3,8,14H2,1H3. The largest absolute Gasteiger partial charge is 0.330 e. The molecule has 0 bridgehead atoms. The molecule has 14 heavy (non-hydrogen) atoms. The first-order chi connectivity index (χ1) is 6.66. The smallest absolute Gasteiger partial charge is 0.0406 e. The normalized spacial score (nSPS) is 20.5. The summed E-state index contributed by atoms with van der Waals surface area (Å²) in [4.78, 5) is 0. The van der Waals surface area contributed by atoms with Gasteiger partial charge < -0.3 is 5.73 Å². The minimum absolute atomic E-state index is 0.157. The van der Waals surface area contributed by atoms with Crippen LogP contribution in [0.4, 0.5) is 0 Å². The van der Waals surface area contributed by atoms with Gasteiger partial charge in [0.05, 0.1) is 0 Å². The highest BCUT2D eigenvalue weighted by Crippen LogP contribution is 2.46. The monoisotopic (exact) mass is 209 g/mol. The van der Waals surface area contributed by atoms with Crippen molar-refractivity contribution in [1.82, 2.24) is 0 Å². The van der Waals surface area contributed by atoms with E-state index >= 15 is 0 Å². The predicted molar refractivity (Wildman–Crippen MR) is 60.6 cm³/mol. The van der Waals surface area contributed by atoms with Crippen molar-refractivity contribution < 1.29 is 0 Å². The summed E-state index contributed by atoms with van der Waals surface area (Å²) in [5.41, 5.74) is 7.37. The third kappa shape index (κ3) is 1.67. The van der Waals surface area contributed by atoms with Crippen LogP contribution in [0.5, 0.6) is 0 Å². The minimum atomic E-state index is 0.157. The van der Waals surface area contributed by atoms with Gasteiger partial charge in [-0.15, -0.1) is 0 Å². The second-order valence-electron chi connectivity index (χ2n) is 4.40. The van der Waals surface area contributed by atoms with Crippen molar-refractivity contribution in [3.8, 4) is 0 Å². The van der Waals surface area contributed by atoms with Crippen LogP contribution >= 0.6 is 11.6 Å². The van der Waals surface area contributed by atoms with Crippen LogP contribution < -0.4 is 5.73 Å². The van der Waals surface area contributed by atoms with Crippen molar-refractivity contribution in [3.05, 3.63) is 34.9 Å². The Labute approximate surface area is 90.3 Å². The quantitative estimate of drug-likeness (QED) is 0.814. The van der Waals surface area contributed by atoms with Crippen LogP contribution in [0.15, 0.2) is 24.3 Å². The second kappa shape index (κ2) is 3.56. The van der Waals surface area contributed by atoms with Gasteiger partial charge in [0.15, 0.2) is 0 Å². The molecule has 1 aliphatic carbocycles. The molecule has 1 unspecified atom stereocenters. The van der Waals surface area contributed by atoms with E-state index in [1.165, 1.54) is 18.4 Å². The fourth-order valence-electron chi connectivity index (χ4n) is 2.07. The Hall–Kier alpha value is -0.530. The van der Waals surface area contributed by atoms with Gasteiger partial charge in [-0.3, -0.25) is 0 Å². The molecule has 2 N–H and O–H groups in total. The molecule has 0 aromatic heterocycles. The van der Waals surface area contributed by atoms with E-state index in [0.717, 1.165) is 17.5 Å². The van der Waals surface area contributed by atoms with Crippen molar-refractivity contribution in [2.24, 2.45) is 11.7 Å². The molecule has 1 aromatic carbocycles. The zero-order valence-electron chi connectivity index (χ0n) is 8.46. The average molecular weight is 210 g/mol. The van der Waals surface area contributed by atoms with Crippen molar-refractivity contribution in [2.45, 2.75) is 25.2 Å². The van der Waals surface area contributed by atoms with E-state index in [9.17, 15) is 0 Å². The van der Waals surface area contributed by atoms with E-state index in [4.69, 9.17) is 17.3 Å². The molecule has 1 aromatic rings. The Bertz CT molecular complexity index is 316. The van der Waals surface area contributed by atoms with Crippen LogP contribution in [-0.2, 0) is 5.41 Å². The van der Waals surface area contributed by atoms with Gasteiger partial charge in [0.25, 0.3) is 0 Å². The van der Waals surface area contributed by atoms with E-state index in [2.05, 4.69) is 19.1 Å². The number of hydrogen-bond donors (Lipinski definition) is 1. The lowest BCUT2D eigenvalue weighted by Crippen LogP contribution is -2.33. The number of hydrogen-bond acceptors (Lipinski definition) is 1. The highest BCUT2D eigenvalue weighted by Gasteiger charge is 2.41. The van der Waals surface area contributed by atoms with Crippen molar-refractivity contribution >= 4 is 11.6 Å². The zero-order valence-corrected chi connectivity index (χ0v) is 9.22. The first-order valence-corrected chi connectivity index (χ1v) is 5.51. The van der Waals surface area contributed by atoms with Gasteiger partial charge in [0.2, 0.25) is 0 Å². The Morgan fingerprint density at radius 3 is 2.36 bits per heavy atom. The molecule has 0 heterocycles. The van der Waals surface area contributed by atoms with Crippen LogP contribution in [0.3, 0.4) is 0 Å². The Morgan fingerprint density at radius 1 is 1.36 bits per heavy atom. The number of rotatable bonds is 3. The zero-order chi connectivity index (χ0) is 10.2. The maximum Gasteiger partial charge on any atom is 0.0406 e. The van der Waals surface area contributed by atoms with E-state index < -0.39 is 0 Å². The Morgan fingerprint density at radius 2 is 1.93 bits per heavy atom. The predicted octanol–water partition coefficient (Wildman–Crippen LogP) is 2.97. The van der Waals surface area contributed by atoms with Gasteiger partial charge in [-0.05, 0) is 36.5 Å². The van der Waals surface area contributed by atoms with Crippen molar-refractivity contribution in [1.29, 1.82) is 0 Å². The lowest BCUT2D eigenvalue weighted by Gasteiger charge is -2.28. The first kappa shape index (κ1) is 10.0. The lowest BCUT2D eigenvalue weighted by atomic mass is 9.78. The molecular weight excluding hydrogens is 194 g/mol. The highest BCUT2D eigenvalue weighted by molar-refractivity contribution is 6.30. The molecule has 2 heteroatoms. The highest BCUT2D eigenvalue weighted by atomic mass is 35.5. The lowest BCUT2D eigenvalue weighted by molar-refractivity contribution is 0.420. The van der Waals surface area contributed by atoms with E-state index in [1.54, 1.807) is 0 Å². The summed E-state index contributed by atoms with van der Waals surface area (Å²) < 4.78 is 0. The van der Waals surface area contributed by atoms with E-state index in [0.29, 0.717) is 0 Å². The van der Waals surface area contributed by atoms with Crippen LogP contribution in [0.2, 0.25) is 5.02 Å². The maximum absolute atomic E-state index is 5.89. The summed E-state index contributed by atoms with van der Waals surface area (Å²) in [5, 5.41) is 0.795. The van der Waals surface area contributed by atoms with E-state index in [1.807, 2.05) is 12.1 Å². The van der Waals surface area contributed by atoms with Gasteiger partial charge in [0, 0.05) is 17.0 Å². The maximum atomic E-state index is 5.89. The molecule has 1 fully saturated rings. The van der Waals surface area contributed by atoms with Gasteiger partial charge in [0.1, 0.15) is 0 Å². The van der Waals surface area contributed by atoms with Crippen LogP contribution in [-0.4, -0.2) is 6.54 Å². The summed E-state index contributed by atoms with van der Waals surface area (Å²) in [7, 11) is 0. The average Bonchev–Trinajstić information content (AvgIpc) is 3.01. The molecule has 2 rings (SSSR count). The van der Waals surface area contributed by atoms with Gasteiger partial charge >= 0.3 is 0 Å². The Balaban J connectivity index is 2.31. The molecule has 0 aliphatic heterocycles. The third-order valence-corrected chi connectivity index (χ3v) is 3.66. The summed E-state index contributed by atoms with van der Waals surface area (Å²) in [6, 6.07) is 8.11. The number of benzene rings is 1. The van der Waals surface area contributed by atoms with Crippen LogP contribution in [0.1, 0.15) is 25.3 Å². The molecule has 1 saturated carbocycles. The van der Waals surface area contributed by atoms with Gasteiger partial charge in [-0.1, -0.05) is 30.7 Å². The Kier molecular flexibility index (Phi) is 2.54. The SMILES string of the molecule is CC(CN)(c1ccc(Cl)cc1)C1CC1. The number of nitrogens with two attached hydrogens (primary N) is 1. The molecule has 0 saturated heterocycles.